The van der Waals surface area contributed by atoms with Crippen LogP contribution in [-0.4, -0.2) is 46.8 Å². The van der Waals surface area contributed by atoms with E-state index in [4.69, 9.17) is 14.2 Å². The van der Waals surface area contributed by atoms with Gasteiger partial charge in [0.05, 0.1) is 33.1 Å². The van der Waals surface area contributed by atoms with Crippen molar-refractivity contribution in [2.75, 3.05) is 21.3 Å². The second-order valence-corrected chi connectivity index (χ2v) is 6.11. The minimum atomic E-state index is 0.0842. The van der Waals surface area contributed by atoms with E-state index < -0.39 is 0 Å². The molecule has 0 aliphatic carbocycles. The predicted molar refractivity (Wildman–Crippen MR) is 99.4 cm³/mol. The number of hydrogen-bond donors (Lipinski definition) is 0. The Morgan fingerprint density at radius 3 is 2.54 bits per heavy atom. The van der Waals surface area contributed by atoms with Gasteiger partial charge in [-0.25, -0.2) is 4.98 Å². The maximum Gasteiger partial charge on any atom is 0.168 e. The zero-order valence-electron chi connectivity index (χ0n) is 15.8. The first kappa shape index (κ1) is 18.0. The molecule has 0 spiro atoms. The van der Waals surface area contributed by atoms with E-state index in [-0.39, 0.29) is 6.10 Å². The lowest BCUT2D eigenvalue weighted by molar-refractivity contribution is 0.103. The maximum absolute atomic E-state index is 5.61. The van der Waals surface area contributed by atoms with E-state index in [0.717, 1.165) is 22.5 Å². The van der Waals surface area contributed by atoms with Crippen LogP contribution in [0.15, 0.2) is 36.9 Å². The molecule has 2 heterocycles. The fourth-order valence-corrected chi connectivity index (χ4v) is 2.94. The van der Waals surface area contributed by atoms with Gasteiger partial charge < -0.3 is 18.8 Å². The molecule has 7 heteroatoms. The fourth-order valence-electron chi connectivity index (χ4n) is 2.94. The van der Waals surface area contributed by atoms with Crippen molar-refractivity contribution in [2.24, 2.45) is 7.05 Å². The first-order valence-electron chi connectivity index (χ1n) is 8.36. The van der Waals surface area contributed by atoms with E-state index in [9.17, 15) is 0 Å². The van der Waals surface area contributed by atoms with Gasteiger partial charge in [-0.3, -0.25) is 4.68 Å². The average Bonchev–Trinajstić information content (AvgIpc) is 3.29. The van der Waals surface area contributed by atoms with Gasteiger partial charge in [0.25, 0.3) is 0 Å². The first-order valence-corrected chi connectivity index (χ1v) is 8.36. The number of hydrogen-bond acceptors (Lipinski definition) is 5. The Morgan fingerprint density at radius 2 is 1.92 bits per heavy atom. The quantitative estimate of drug-likeness (QED) is 0.651. The molecule has 0 fully saturated rings. The summed E-state index contributed by atoms with van der Waals surface area (Å²) in [5, 5.41) is 4.27. The number of imidazole rings is 1. The lowest BCUT2D eigenvalue weighted by Crippen LogP contribution is -2.14. The molecule has 0 bridgehead atoms. The van der Waals surface area contributed by atoms with Gasteiger partial charge in [0, 0.05) is 49.4 Å². The number of aryl methyl sites for hydroxylation is 1. The largest absolute Gasteiger partial charge is 0.493 e. The molecule has 26 heavy (non-hydrogen) atoms. The highest BCUT2D eigenvalue weighted by atomic mass is 16.5. The molecular formula is C19H24N4O3. The molecule has 2 aromatic heterocycles. The van der Waals surface area contributed by atoms with E-state index >= 15 is 0 Å². The van der Waals surface area contributed by atoms with Crippen LogP contribution in [0, 0.1) is 0 Å². The van der Waals surface area contributed by atoms with Crippen molar-refractivity contribution in [1.82, 2.24) is 19.3 Å². The Labute approximate surface area is 153 Å². The van der Waals surface area contributed by atoms with Crippen molar-refractivity contribution < 1.29 is 14.2 Å². The highest BCUT2D eigenvalue weighted by Gasteiger charge is 2.18. The summed E-state index contributed by atoms with van der Waals surface area (Å²) >= 11 is 0. The van der Waals surface area contributed by atoms with Crippen LogP contribution < -0.4 is 9.47 Å². The maximum atomic E-state index is 5.61. The third-order valence-electron chi connectivity index (χ3n) is 4.32. The summed E-state index contributed by atoms with van der Waals surface area (Å²) in [6.07, 6.45) is 7.57. The second-order valence-electron chi connectivity index (χ2n) is 6.11. The van der Waals surface area contributed by atoms with E-state index in [2.05, 4.69) is 20.7 Å². The minimum Gasteiger partial charge on any atom is -0.493 e. The molecule has 7 nitrogen and oxygen atoms in total. The Kier molecular flexibility index (Phi) is 5.27. The molecule has 0 saturated heterocycles. The van der Waals surface area contributed by atoms with Gasteiger partial charge in [-0.05, 0) is 19.1 Å². The van der Waals surface area contributed by atoms with Gasteiger partial charge >= 0.3 is 0 Å². The molecule has 1 aromatic carbocycles. The molecule has 0 N–H and O–H groups in total. The fraction of sp³-hybridized carbons (Fsp3) is 0.368. The standard InChI is InChI=1S/C19H24N4O3/c1-13(24-3)11-23-7-6-20-19(23)14-8-16(15-10-21-22(2)12-15)18(26-5)17(9-14)25-4/h6-10,12-13H,11H2,1-5H3. The van der Waals surface area contributed by atoms with Crippen molar-refractivity contribution in [3.05, 3.63) is 36.9 Å². The normalized spacial score (nSPS) is 12.2. The lowest BCUT2D eigenvalue weighted by atomic mass is 10.0. The number of nitrogens with zero attached hydrogens (tertiary/aromatic N) is 4. The number of rotatable bonds is 7. The predicted octanol–water partition coefficient (Wildman–Crippen LogP) is 3.00. The second kappa shape index (κ2) is 7.61. The highest BCUT2D eigenvalue weighted by Crippen LogP contribution is 2.41. The van der Waals surface area contributed by atoms with E-state index in [0.29, 0.717) is 18.0 Å². The summed E-state index contributed by atoms with van der Waals surface area (Å²) in [5.41, 5.74) is 2.80. The molecule has 138 valence electrons. The van der Waals surface area contributed by atoms with E-state index in [1.165, 1.54) is 0 Å². The summed E-state index contributed by atoms with van der Waals surface area (Å²) in [5.74, 6) is 2.17. The third kappa shape index (κ3) is 3.43. The molecule has 1 unspecified atom stereocenters. The Hall–Kier alpha value is -2.80. The minimum absolute atomic E-state index is 0.0842. The van der Waals surface area contributed by atoms with Crippen LogP contribution in [0.5, 0.6) is 11.5 Å². The summed E-state index contributed by atoms with van der Waals surface area (Å²) in [6.45, 7) is 2.74. The summed E-state index contributed by atoms with van der Waals surface area (Å²) in [6, 6.07) is 3.99. The highest BCUT2D eigenvalue weighted by molar-refractivity contribution is 5.79. The van der Waals surface area contributed by atoms with Crippen LogP contribution in [0.4, 0.5) is 0 Å². The summed E-state index contributed by atoms with van der Waals surface area (Å²) < 4.78 is 20.4. The zero-order valence-corrected chi connectivity index (χ0v) is 15.8. The average molecular weight is 356 g/mol. The van der Waals surface area contributed by atoms with Crippen molar-refractivity contribution in [3.8, 4) is 34.0 Å². The molecule has 0 aliphatic rings. The number of aromatic nitrogens is 4. The van der Waals surface area contributed by atoms with Crippen LogP contribution in [0.2, 0.25) is 0 Å². The van der Waals surface area contributed by atoms with Gasteiger partial charge in [0.2, 0.25) is 0 Å². The molecule has 3 aromatic rings. The Balaban J connectivity index is 2.13. The number of methoxy groups -OCH3 is 3. The number of benzene rings is 1. The molecule has 3 rings (SSSR count). The molecule has 0 saturated carbocycles. The summed E-state index contributed by atoms with van der Waals surface area (Å²) in [7, 11) is 6.86. The van der Waals surface area contributed by atoms with Gasteiger partial charge in [-0.2, -0.15) is 5.10 Å². The Bertz CT molecular complexity index is 885. The van der Waals surface area contributed by atoms with Crippen molar-refractivity contribution in [3.63, 3.8) is 0 Å². The molecule has 0 aliphatic heterocycles. The van der Waals surface area contributed by atoms with E-state index in [1.54, 1.807) is 38.4 Å². The lowest BCUT2D eigenvalue weighted by Gasteiger charge is -2.16. The molecule has 0 amide bonds. The smallest absolute Gasteiger partial charge is 0.168 e. The van der Waals surface area contributed by atoms with Gasteiger partial charge in [-0.1, -0.05) is 0 Å². The SMILES string of the molecule is COc1cc(-c2nccn2CC(C)OC)cc(-c2cnn(C)c2)c1OC. The zero-order chi connectivity index (χ0) is 18.7. The van der Waals surface area contributed by atoms with Crippen LogP contribution >= 0.6 is 0 Å². The van der Waals surface area contributed by atoms with E-state index in [1.807, 2.05) is 32.4 Å². The van der Waals surface area contributed by atoms with Crippen LogP contribution in [0.1, 0.15) is 6.92 Å². The van der Waals surface area contributed by atoms with Gasteiger partial charge in [-0.15, -0.1) is 0 Å². The van der Waals surface area contributed by atoms with Gasteiger partial charge in [0.15, 0.2) is 11.5 Å². The molecule has 1 atom stereocenters. The number of ether oxygens (including phenoxy) is 3. The first-order chi connectivity index (χ1) is 12.6. The van der Waals surface area contributed by atoms with Gasteiger partial charge in [0.1, 0.15) is 5.82 Å². The Morgan fingerprint density at radius 1 is 1.12 bits per heavy atom. The van der Waals surface area contributed by atoms with Crippen LogP contribution in [0.25, 0.3) is 22.5 Å². The van der Waals surface area contributed by atoms with Crippen molar-refractivity contribution in [1.29, 1.82) is 0 Å². The third-order valence-corrected chi connectivity index (χ3v) is 4.32. The van der Waals surface area contributed by atoms with Crippen LogP contribution in [-0.2, 0) is 18.3 Å². The van der Waals surface area contributed by atoms with Crippen LogP contribution in [0.3, 0.4) is 0 Å². The monoisotopic (exact) mass is 356 g/mol. The summed E-state index contributed by atoms with van der Waals surface area (Å²) in [4.78, 5) is 4.53. The molecular weight excluding hydrogens is 332 g/mol. The van der Waals surface area contributed by atoms with Crippen molar-refractivity contribution in [2.45, 2.75) is 19.6 Å². The van der Waals surface area contributed by atoms with Crippen molar-refractivity contribution >= 4 is 0 Å². The molecule has 0 radical (unpaired) electrons. The topological polar surface area (TPSA) is 63.3 Å².